The van der Waals surface area contributed by atoms with Gasteiger partial charge >= 0.3 is 5.97 Å². The van der Waals surface area contributed by atoms with E-state index in [9.17, 15) is 9.18 Å². The maximum atomic E-state index is 13.2. The van der Waals surface area contributed by atoms with Crippen LogP contribution in [0.1, 0.15) is 24.2 Å². The van der Waals surface area contributed by atoms with Gasteiger partial charge in [-0.3, -0.25) is 0 Å². The second kappa shape index (κ2) is 2.85. The summed E-state index contributed by atoms with van der Waals surface area (Å²) in [4.78, 5) is 10.8. The number of rotatable bonds is 1. The Balaban J connectivity index is 2.60. The molecule has 0 radical (unpaired) electrons. The van der Waals surface area contributed by atoms with E-state index in [1.807, 2.05) is 0 Å². The molecule has 1 aromatic carbocycles. The van der Waals surface area contributed by atoms with Gasteiger partial charge in [-0.1, -0.05) is 0 Å². The highest BCUT2D eigenvalue weighted by Gasteiger charge is 2.36. The molecule has 80 valence electrons. The molecular formula is C10H9FO4. The molecule has 2 rings (SSSR count). The van der Waals surface area contributed by atoms with Gasteiger partial charge in [0.2, 0.25) is 5.79 Å². The Morgan fingerprint density at radius 1 is 1.40 bits per heavy atom. The van der Waals surface area contributed by atoms with Crippen molar-refractivity contribution in [1.29, 1.82) is 0 Å². The number of aromatic carboxylic acids is 1. The zero-order valence-electron chi connectivity index (χ0n) is 8.20. The van der Waals surface area contributed by atoms with Crippen molar-refractivity contribution in [2.45, 2.75) is 19.6 Å². The maximum Gasteiger partial charge on any atom is 0.342 e. The van der Waals surface area contributed by atoms with Crippen molar-refractivity contribution in [2.75, 3.05) is 0 Å². The van der Waals surface area contributed by atoms with E-state index in [1.54, 1.807) is 13.8 Å². The average molecular weight is 212 g/mol. The van der Waals surface area contributed by atoms with Gasteiger partial charge in [-0.2, -0.15) is 0 Å². The van der Waals surface area contributed by atoms with Crippen LogP contribution in [0.25, 0.3) is 0 Å². The third kappa shape index (κ3) is 1.49. The highest BCUT2D eigenvalue weighted by Crippen LogP contribution is 2.42. The first kappa shape index (κ1) is 9.76. The van der Waals surface area contributed by atoms with Gasteiger partial charge in [0.05, 0.1) is 0 Å². The second-order valence-electron chi connectivity index (χ2n) is 3.66. The van der Waals surface area contributed by atoms with Crippen LogP contribution in [0.5, 0.6) is 11.5 Å². The zero-order chi connectivity index (χ0) is 11.2. The van der Waals surface area contributed by atoms with E-state index in [1.165, 1.54) is 6.07 Å². The molecule has 0 saturated carbocycles. The monoisotopic (exact) mass is 212 g/mol. The fourth-order valence-electron chi connectivity index (χ4n) is 1.45. The summed E-state index contributed by atoms with van der Waals surface area (Å²) < 4.78 is 23.7. The Morgan fingerprint density at radius 3 is 2.67 bits per heavy atom. The first-order valence-corrected chi connectivity index (χ1v) is 4.34. The minimum absolute atomic E-state index is 0.0486. The molecule has 0 atom stereocenters. The molecule has 15 heavy (non-hydrogen) atoms. The summed E-state index contributed by atoms with van der Waals surface area (Å²) >= 11 is 0. The topological polar surface area (TPSA) is 55.8 Å². The molecule has 0 saturated heterocycles. The lowest BCUT2D eigenvalue weighted by Gasteiger charge is -2.16. The summed E-state index contributed by atoms with van der Waals surface area (Å²) in [5.74, 6) is -2.96. The maximum absolute atomic E-state index is 13.2. The van der Waals surface area contributed by atoms with Crippen molar-refractivity contribution in [2.24, 2.45) is 0 Å². The molecular weight excluding hydrogens is 203 g/mol. The van der Waals surface area contributed by atoms with E-state index >= 15 is 0 Å². The lowest BCUT2D eigenvalue weighted by Crippen LogP contribution is -2.30. The van der Waals surface area contributed by atoms with Gasteiger partial charge in [-0.25, -0.2) is 9.18 Å². The van der Waals surface area contributed by atoms with Gasteiger partial charge in [0.15, 0.2) is 11.5 Å². The van der Waals surface area contributed by atoms with E-state index in [-0.39, 0.29) is 11.5 Å². The fraction of sp³-hybridized carbons (Fsp3) is 0.300. The molecule has 5 heteroatoms. The van der Waals surface area contributed by atoms with E-state index in [0.29, 0.717) is 0 Å². The lowest BCUT2D eigenvalue weighted by atomic mass is 10.2. The number of ether oxygens (including phenoxy) is 2. The normalized spacial score (nSPS) is 16.5. The van der Waals surface area contributed by atoms with Crippen LogP contribution in [0.15, 0.2) is 12.1 Å². The number of carboxylic acid groups (broad SMARTS) is 1. The molecule has 1 N–H and O–H groups in total. The van der Waals surface area contributed by atoms with Gasteiger partial charge < -0.3 is 14.6 Å². The summed E-state index contributed by atoms with van der Waals surface area (Å²) in [5.41, 5.74) is -0.488. The number of carboxylic acids is 1. The summed E-state index contributed by atoms with van der Waals surface area (Å²) in [6.07, 6.45) is 0. The average Bonchev–Trinajstić information content (AvgIpc) is 2.37. The Labute approximate surface area is 85.2 Å². The third-order valence-electron chi connectivity index (χ3n) is 1.99. The van der Waals surface area contributed by atoms with Crippen LogP contribution >= 0.6 is 0 Å². The summed E-state index contributed by atoms with van der Waals surface area (Å²) in [6, 6.07) is 2.40. The Bertz CT molecular complexity index is 439. The van der Waals surface area contributed by atoms with E-state index < -0.39 is 23.1 Å². The Morgan fingerprint density at radius 2 is 2.07 bits per heavy atom. The smallest absolute Gasteiger partial charge is 0.342 e. The number of hydrogen-bond donors (Lipinski definition) is 1. The number of fused-ring (bicyclic) bond motifs is 1. The summed E-state index contributed by atoms with van der Waals surface area (Å²) in [7, 11) is 0. The van der Waals surface area contributed by atoms with Crippen LogP contribution in [0.4, 0.5) is 4.39 Å². The zero-order valence-corrected chi connectivity index (χ0v) is 8.20. The first-order chi connectivity index (χ1) is 6.91. The number of carbonyl (C=O) groups is 1. The molecule has 0 bridgehead atoms. The van der Waals surface area contributed by atoms with Crippen LogP contribution in [0, 0.1) is 5.82 Å². The molecule has 0 aromatic heterocycles. The van der Waals surface area contributed by atoms with Crippen LogP contribution in [0.2, 0.25) is 0 Å². The van der Waals surface area contributed by atoms with Crippen LogP contribution in [-0.2, 0) is 0 Å². The van der Waals surface area contributed by atoms with Gasteiger partial charge in [0.1, 0.15) is 11.4 Å². The van der Waals surface area contributed by atoms with Crippen molar-refractivity contribution in [3.8, 4) is 11.5 Å². The molecule has 0 aliphatic carbocycles. The third-order valence-corrected chi connectivity index (χ3v) is 1.99. The Kier molecular flexibility index (Phi) is 1.86. The van der Waals surface area contributed by atoms with Crippen LogP contribution in [0.3, 0.4) is 0 Å². The highest BCUT2D eigenvalue weighted by atomic mass is 19.1. The van der Waals surface area contributed by atoms with Gasteiger partial charge in [0.25, 0.3) is 0 Å². The minimum atomic E-state index is -1.37. The SMILES string of the molecule is CC1(C)Oc2ccc(F)c(C(=O)O)c2O1. The standard InChI is InChI=1S/C10H9FO4/c1-10(2)14-6-4-3-5(11)7(9(12)13)8(6)15-10/h3-4H,1-2H3,(H,12,13). The minimum Gasteiger partial charge on any atom is -0.477 e. The van der Waals surface area contributed by atoms with Crippen molar-refractivity contribution >= 4 is 5.97 Å². The van der Waals surface area contributed by atoms with Crippen molar-refractivity contribution < 1.29 is 23.8 Å². The predicted octanol–water partition coefficient (Wildman–Crippen LogP) is 2.03. The quantitative estimate of drug-likeness (QED) is 0.773. The number of hydrogen-bond acceptors (Lipinski definition) is 3. The van der Waals surface area contributed by atoms with Crippen molar-refractivity contribution in [3.05, 3.63) is 23.5 Å². The lowest BCUT2D eigenvalue weighted by molar-refractivity contribution is -0.0434. The Hall–Kier alpha value is -1.78. The number of benzene rings is 1. The molecule has 4 nitrogen and oxygen atoms in total. The van der Waals surface area contributed by atoms with Gasteiger partial charge in [-0.05, 0) is 12.1 Å². The molecule has 1 aromatic rings. The molecule has 1 aliphatic heterocycles. The first-order valence-electron chi connectivity index (χ1n) is 4.34. The van der Waals surface area contributed by atoms with E-state index in [2.05, 4.69) is 0 Å². The molecule has 1 heterocycles. The summed E-state index contributed by atoms with van der Waals surface area (Å²) in [6.45, 7) is 3.24. The van der Waals surface area contributed by atoms with Gasteiger partial charge in [0, 0.05) is 13.8 Å². The van der Waals surface area contributed by atoms with Crippen molar-refractivity contribution in [1.82, 2.24) is 0 Å². The predicted molar refractivity (Wildman–Crippen MR) is 48.7 cm³/mol. The fourth-order valence-corrected chi connectivity index (χ4v) is 1.45. The molecule has 0 spiro atoms. The largest absolute Gasteiger partial charge is 0.477 e. The van der Waals surface area contributed by atoms with Crippen LogP contribution < -0.4 is 9.47 Å². The molecule has 0 fully saturated rings. The molecule has 0 amide bonds. The van der Waals surface area contributed by atoms with Crippen molar-refractivity contribution in [3.63, 3.8) is 0 Å². The summed E-state index contributed by atoms with van der Waals surface area (Å²) in [5, 5.41) is 8.82. The van der Waals surface area contributed by atoms with E-state index in [4.69, 9.17) is 14.6 Å². The molecule has 0 unspecified atom stereocenters. The molecule has 1 aliphatic rings. The second-order valence-corrected chi connectivity index (χ2v) is 3.66. The van der Waals surface area contributed by atoms with Crippen LogP contribution in [-0.4, -0.2) is 16.9 Å². The van der Waals surface area contributed by atoms with Gasteiger partial charge in [-0.15, -0.1) is 0 Å². The number of halogens is 1. The van der Waals surface area contributed by atoms with E-state index in [0.717, 1.165) is 6.07 Å². The highest BCUT2D eigenvalue weighted by molar-refractivity contribution is 5.92.